The molecule has 0 aliphatic heterocycles. The van der Waals surface area contributed by atoms with E-state index in [0.29, 0.717) is 6.07 Å². The Balaban J connectivity index is 2.56. The van der Waals surface area contributed by atoms with Crippen LogP contribution in [-0.4, -0.2) is 31.8 Å². The molecule has 0 spiro atoms. The number of hydrogen-bond donors (Lipinski definition) is 0. The lowest BCUT2D eigenvalue weighted by molar-refractivity contribution is -0.141. The average Bonchev–Trinajstić information content (AvgIpc) is 2.52. The molecule has 6 nitrogen and oxygen atoms in total. The van der Waals surface area contributed by atoms with Crippen LogP contribution in [0, 0.1) is 0 Å². The first-order valence-corrected chi connectivity index (χ1v) is 7.65. The molecule has 1 aromatic heterocycles. The van der Waals surface area contributed by atoms with E-state index < -0.39 is 40.5 Å². The molecule has 0 amide bonds. The van der Waals surface area contributed by atoms with Gasteiger partial charge in [-0.05, 0) is 29.3 Å². The first-order valence-electron chi connectivity index (χ1n) is 6.40. The first kappa shape index (κ1) is 18.0. The van der Waals surface area contributed by atoms with Crippen LogP contribution < -0.4 is 0 Å². The molecule has 1 atom stereocenters. The maximum Gasteiger partial charge on any atom is 0.433 e. The van der Waals surface area contributed by atoms with Crippen LogP contribution in [0.2, 0.25) is 0 Å². The fraction of sp³-hybridized carbons (Fsp3) is 0.214. The van der Waals surface area contributed by atoms with E-state index in [4.69, 9.17) is 0 Å². The predicted octanol–water partition coefficient (Wildman–Crippen LogP) is 2.33. The number of carbonyl (C=O) groups excluding carboxylic acids is 1. The van der Waals surface area contributed by atoms with E-state index in [9.17, 15) is 26.7 Å². The van der Waals surface area contributed by atoms with E-state index in [1.165, 1.54) is 31.4 Å². The number of aromatic nitrogens is 2. The van der Waals surface area contributed by atoms with Crippen molar-refractivity contribution in [2.75, 3.05) is 7.11 Å². The zero-order chi connectivity index (χ0) is 17.9. The van der Waals surface area contributed by atoms with Gasteiger partial charge in [0, 0.05) is 5.56 Å². The monoisotopic (exact) mass is 359 g/mol. The summed E-state index contributed by atoms with van der Waals surface area (Å²) in [5.74, 6) is -1.91. The standard InChI is InChI=1S/C14H11F3N2O4S/c1-23-13(20)9-4-2-3-8(5-9)10-6-11(14(15,16)17)19-12(18-10)7-24(21)22/h2-6H,7H2,1H3,(H,21,22)/p-1. The zero-order valence-electron chi connectivity index (χ0n) is 12.2. The molecule has 0 saturated heterocycles. The van der Waals surface area contributed by atoms with Gasteiger partial charge in [0.05, 0.1) is 24.1 Å². The predicted molar refractivity (Wildman–Crippen MR) is 76.4 cm³/mol. The smallest absolute Gasteiger partial charge is 0.433 e. The van der Waals surface area contributed by atoms with Crippen molar-refractivity contribution in [2.24, 2.45) is 0 Å². The second-order valence-corrected chi connectivity index (χ2v) is 5.47. The Morgan fingerprint density at radius 2 is 2.00 bits per heavy atom. The van der Waals surface area contributed by atoms with Crippen molar-refractivity contribution in [3.05, 3.63) is 47.4 Å². The summed E-state index contributed by atoms with van der Waals surface area (Å²) in [5.41, 5.74) is -1.10. The number of benzene rings is 1. The molecular weight excluding hydrogens is 349 g/mol. The number of esters is 1. The van der Waals surface area contributed by atoms with Crippen molar-refractivity contribution in [3.63, 3.8) is 0 Å². The molecule has 0 aliphatic carbocycles. The third-order valence-electron chi connectivity index (χ3n) is 2.89. The molecule has 0 aliphatic rings. The fourth-order valence-electron chi connectivity index (χ4n) is 1.88. The van der Waals surface area contributed by atoms with E-state index in [2.05, 4.69) is 14.7 Å². The van der Waals surface area contributed by atoms with Gasteiger partial charge in [0.25, 0.3) is 0 Å². The first-order chi connectivity index (χ1) is 11.2. The van der Waals surface area contributed by atoms with E-state index in [-0.39, 0.29) is 16.8 Å². The number of rotatable bonds is 4. The summed E-state index contributed by atoms with van der Waals surface area (Å²) in [6.07, 6.45) is -4.77. The largest absolute Gasteiger partial charge is 0.772 e. The minimum absolute atomic E-state index is 0.121. The van der Waals surface area contributed by atoms with Crippen LogP contribution in [0.1, 0.15) is 21.9 Å². The molecule has 1 heterocycles. The van der Waals surface area contributed by atoms with Crippen LogP contribution in [0.3, 0.4) is 0 Å². The van der Waals surface area contributed by atoms with Gasteiger partial charge in [0.15, 0.2) is 0 Å². The highest BCUT2D eigenvalue weighted by Crippen LogP contribution is 2.30. The number of alkyl halides is 3. The highest BCUT2D eigenvalue weighted by Gasteiger charge is 2.33. The van der Waals surface area contributed by atoms with Gasteiger partial charge >= 0.3 is 12.1 Å². The summed E-state index contributed by atoms with van der Waals surface area (Å²) in [6.45, 7) is 0. The van der Waals surface area contributed by atoms with Crippen LogP contribution in [0.25, 0.3) is 11.3 Å². The molecule has 0 saturated carbocycles. The van der Waals surface area contributed by atoms with E-state index in [1.807, 2.05) is 0 Å². The fourth-order valence-corrected chi connectivity index (χ4v) is 2.22. The zero-order valence-corrected chi connectivity index (χ0v) is 13.0. The second-order valence-electron chi connectivity index (χ2n) is 4.57. The van der Waals surface area contributed by atoms with Gasteiger partial charge in [-0.3, -0.25) is 4.21 Å². The van der Waals surface area contributed by atoms with Crippen molar-refractivity contribution in [1.82, 2.24) is 9.97 Å². The minimum atomic E-state index is -4.77. The molecule has 0 radical (unpaired) electrons. The number of methoxy groups -OCH3 is 1. The number of carbonyl (C=O) groups is 1. The van der Waals surface area contributed by atoms with Crippen molar-refractivity contribution in [2.45, 2.75) is 11.9 Å². The van der Waals surface area contributed by atoms with Crippen LogP contribution in [0.15, 0.2) is 30.3 Å². The average molecular weight is 359 g/mol. The van der Waals surface area contributed by atoms with Gasteiger partial charge < -0.3 is 9.29 Å². The lowest BCUT2D eigenvalue weighted by Crippen LogP contribution is -2.13. The Morgan fingerprint density at radius 1 is 1.29 bits per heavy atom. The molecule has 128 valence electrons. The molecule has 1 aromatic carbocycles. The SMILES string of the molecule is COC(=O)c1cccc(-c2cc(C(F)(F)F)nc(CS(=O)[O-])n2)c1. The lowest BCUT2D eigenvalue weighted by Gasteiger charge is -2.12. The molecule has 24 heavy (non-hydrogen) atoms. The molecule has 0 fully saturated rings. The molecule has 1 unspecified atom stereocenters. The topological polar surface area (TPSA) is 92.2 Å². The van der Waals surface area contributed by atoms with Gasteiger partial charge in [-0.25, -0.2) is 14.8 Å². The van der Waals surface area contributed by atoms with Crippen molar-refractivity contribution >= 4 is 17.0 Å². The van der Waals surface area contributed by atoms with Crippen molar-refractivity contribution in [1.29, 1.82) is 0 Å². The normalized spacial score (nSPS) is 12.7. The summed E-state index contributed by atoms with van der Waals surface area (Å²) >= 11 is -2.65. The van der Waals surface area contributed by atoms with Gasteiger partial charge in [0.1, 0.15) is 11.5 Å². The van der Waals surface area contributed by atoms with Crippen LogP contribution in [-0.2, 0) is 27.7 Å². The Labute approximate surface area is 137 Å². The van der Waals surface area contributed by atoms with E-state index in [1.54, 1.807) is 0 Å². The number of halogens is 3. The Kier molecular flexibility index (Phi) is 5.30. The molecule has 0 bridgehead atoms. The maximum atomic E-state index is 12.9. The van der Waals surface area contributed by atoms with Crippen molar-refractivity contribution < 1.29 is 31.5 Å². The Hall–Kier alpha value is -2.33. The van der Waals surface area contributed by atoms with Gasteiger partial charge in [-0.15, -0.1) is 0 Å². The number of ether oxygens (including phenoxy) is 1. The quantitative estimate of drug-likeness (QED) is 0.614. The number of hydrogen-bond acceptors (Lipinski definition) is 6. The minimum Gasteiger partial charge on any atom is -0.772 e. The third-order valence-corrected chi connectivity index (χ3v) is 3.38. The second kappa shape index (κ2) is 7.05. The Morgan fingerprint density at radius 3 is 2.58 bits per heavy atom. The molecule has 2 aromatic rings. The Bertz CT molecular complexity index is 796. The highest BCUT2D eigenvalue weighted by molar-refractivity contribution is 7.78. The van der Waals surface area contributed by atoms with Gasteiger partial charge in [-0.1, -0.05) is 12.1 Å². The molecule has 2 rings (SSSR count). The highest BCUT2D eigenvalue weighted by atomic mass is 32.2. The van der Waals surface area contributed by atoms with Crippen LogP contribution in [0.5, 0.6) is 0 Å². The summed E-state index contributed by atoms with van der Waals surface area (Å²) in [5, 5.41) is 0. The van der Waals surface area contributed by atoms with E-state index in [0.717, 1.165) is 0 Å². The summed E-state index contributed by atoms with van der Waals surface area (Å²) in [4.78, 5) is 18.6. The van der Waals surface area contributed by atoms with Gasteiger partial charge in [0.2, 0.25) is 0 Å². The van der Waals surface area contributed by atoms with Crippen molar-refractivity contribution in [3.8, 4) is 11.3 Å². The maximum absolute atomic E-state index is 12.9. The van der Waals surface area contributed by atoms with Crippen LogP contribution >= 0.6 is 0 Å². The summed E-state index contributed by atoms with van der Waals surface area (Å²) < 4.78 is 64.9. The molecule has 0 N–H and O–H groups in total. The van der Waals surface area contributed by atoms with Crippen LogP contribution in [0.4, 0.5) is 13.2 Å². The van der Waals surface area contributed by atoms with E-state index >= 15 is 0 Å². The molecular formula is C14H10F3N2O4S-. The van der Waals surface area contributed by atoms with Gasteiger partial charge in [-0.2, -0.15) is 13.2 Å². The third kappa shape index (κ3) is 4.36. The number of nitrogens with zero attached hydrogens (tertiary/aromatic N) is 2. The summed E-state index contributed by atoms with van der Waals surface area (Å²) in [7, 11) is 1.17. The molecule has 10 heteroatoms. The lowest BCUT2D eigenvalue weighted by atomic mass is 10.1. The summed E-state index contributed by atoms with van der Waals surface area (Å²) in [6, 6.07) is 6.30.